The van der Waals surface area contributed by atoms with Crippen LogP contribution in [0.3, 0.4) is 0 Å². The van der Waals surface area contributed by atoms with Crippen molar-refractivity contribution in [3.8, 4) is 0 Å². The molecule has 2 aliphatic heterocycles. The van der Waals surface area contributed by atoms with E-state index in [2.05, 4.69) is 30.0 Å². The lowest BCUT2D eigenvalue weighted by molar-refractivity contribution is -0.131. The van der Waals surface area contributed by atoms with Gasteiger partial charge in [0.25, 0.3) is 5.91 Å². The summed E-state index contributed by atoms with van der Waals surface area (Å²) in [6.07, 6.45) is 6.23. The van der Waals surface area contributed by atoms with Crippen molar-refractivity contribution in [1.82, 2.24) is 19.8 Å². The molecule has 3 aliphatic rings. The summed E-state index contributed by atoms with van der Waals surface area (Å²) in [5.74, 6) is 0.0589. The van der Waals surface area contributed by atoms with Crippen LogP contribution in [-0.2, 0) is 4.79 Å². The molecule has 150 valence electrons. The smallest absolute Gasteiger partial charge is 0.338 e. The molecule has 1 unspecified atom stereocenters. The molecular formula is C18H24FN7O2. The van der Waals surface area contributed by atoms with E-state index in [1.165, 1.54) is 19.4 Å². The minimum Gasteiger partial charge on any atom is -0.338 e. The quantitative estimate of drug-likeness (QED) is 0.781. The van der Waals surface area contributed by atoms with Crippen molar-refractivity contribution in [2.75, 3.05) is 38.1 Å². The number of amides is 3. The molecule has 9 nitrogen and oxygen atoms in total. The number of aromatic nitrogens is 2. The van der Waals surface area contributed by atoms with E-state index in [4.69, 9.17) is 0 Å². The largest absolute Gasteiger partial charge is 0.368 e. The predicted octanol–water partition coefficient (Wildman–Crippen LogP) is 1.71. The summed E-state index contributed by atoms with van der Waals surface area (Å²) in [6.45, 7) is 3.45. The average molecular weight is 389 g/mol. The molecule has 2 fully saturated rings. The highest BCUT2D eigenvalue weighted by molar-refractivity contribution is 5.98. The Bertz CT molecular complexity index is 756. The second-order valence-electron chi connectivity index (χ2n) is 7.63. The first-order valence-electron chi connectivity index (χ1n) is 9.72. The minimum absolute atomic E-state index is 0.150. The van der Waals surface area contributed by atoms with Crippen LogP contribution in [0, 0.1) is 11.7 Å². The number of carbonyl (C=O) groups excluding carboxylic acids is 2. The van der Waals surface area contributed by atoms with E-state index < -0.39 is 17.9 Å². The molecule has 4 rings (SSSR count). The number of piperazine rings is 1. The zero-order valence-electron chi connectivity index (χ0n) is 15.9. The molecule has 0 spiro atoms. The van der Waals surface area contributed by atoms with Crippen LogP contribution < -0.4 is 4.90 Å². The molecule has 0 aromatic carbocycles. The predicted molar refractivity (Wildman–Crippen MR) is 98.3 cm³/mol. The second kappa shape index (κ2) is 7.86. The number of anilines is 1. The summed E-state index contributed by atoms with van der Waals surface area (Å²) >= 11 is 0. The third kappa shape index (κ3) is 3.73. The zero-order valence-corrected chi connectivity index (χ0v) is 15.9. The number of urea groups is 1. The first kappa shape index (κ1) is 18.9. The molecule has 10 heteroatoms. The monoisotopic (exact) mass is 389 g/mol. The molecule has 3 amide bonds. The molecule has 3 heterocycles. The van der Waals surface area contributed by atoms with E-state index in [-0.39, 0.29) is 11.8 Å². The van der Waals surface area contributed by atoms with Gasteiger partial charge in [-0.05, 0) is 31.6 Å². The number of halogens is 1. The molecule has 1 aromatic rings. The van der Waals surface area contributed by atoms with Crippen molar-refractivity contribution in [3.05, 3.63) is 18.2 Å². The van der Waals surface area contributed by atoms with Crippen LogP contribution in [-0.4, -0.2) is 77.0 Å². The van der Waals surface area contributed by atoms with Crippen molar-refractivity contribution < 1.29 is 14.0 Å². The van der Waals surface area contributed by atoms with Crippen LogP contribution in [0.25, 0.3) is 0 Å². The van der Waals surface area contributed by atoms with Gasteiger partial charge in [-0.3, -0.25) is 14.6 Å². The highest BCUT2D eigenvalue weighted by Crippen LogP contribution is 2.33. The number of nitrogens with zero attached hydrogens (tertiary/aromatic N) is 7. The summed E-state index contributed by atoms with van der Waals surface area (Å²) in [7, 11) is 1.46. The maximum Gasteiger partial charge on any atom is 0.368 e. The molecule has 1 aliphatic carbocycles. The van der Waals surface area contributed by atoms with Crippen molar-refractivity contribution in [3.63, 3.8) is 0 Å². The van der Waals surface area contributed by atoms with Crippen molar-refractivity contribution in [2.24, 2.45) is 16.1 Å². The van der Waals surface area contributed by atoms with Gasteiger partial charge in [-0.15, -0.1) is 0 Å². The van der Waals surface area contributed by atoms with Gasteiger partial charge in [0.15, 0.2) is 11.9 Å². The van der Waals surface area contributed by atoms with Gasteiger partial charge in [0, 0.05) is 39.3 Å². The zero-order chi connectivity index (χ0) is 19.7. The van der Waals surface area contributed by atoms with Crippen LogP contribution in [0.4, 0.5) is 15.1 Å². The van der Waals surface area contributed by atoms with Crippen LogP contribution in [0.15, 0.2) is 22.6 Å². The summed E-state index contributed by atoms with van der Waals surface area (Å²) in [5.41, 5.74) is 0. The van der Waals surface area contributed by atoms with Gasteiger partial charge in [0.1, 0.15) is 0 Å². The van der Waals surface area contributed by atoms with E-state index in [0.717, 1.165) is 56.8 Å². The summed E-state index contributed by atoms with van der Waals surface area (Å²) in [4.78, 5) is 37.5. The number of hydrogen-bond acceptors (Lipinski definition) is 7. The number of rotatable bonds is 3. The van der Waals surface area contributed by atoms with Gasteiger partial charge < -0.3 is 4.90 Å². The molecular weight excluding hydrogens is 365 g/mol. The standard InChI is InChI=1S/C18H24FN7O2/c1-24-16(27)15(22-23-18(24)28)12-2-4-14(5-3-12)25-6-8-26(9-7-25)17-20-10-13(19)11-21-17/h10-12,14-15H,2-9H2,1H3. The normalized spacial score (nSPS) is 29.4. The van der Waals surface area contributed by atoms with Crippen LogP contribution in [0.1, 0.15) is 25.7 Å². The van der Waals surface area contributed by atoms with Crippen LogP contribution in [0.5, 0.6) is 0 Å². The number of azo groups is 1. The fourth-order valence-electron chi connectivity index (χ4n) is 4.35. The molecule has 1 saturated heterocycles. The van der Waals surface area contributed by atoms with Crippen LogP contribution in [0.2, 0.25) is 0 Å². The van der Waals surface area contributed by atoms with Crippen molar-refractivity contribution in [2.45, 2.75) is 37.8 Å². The number of imide groups is 1. The van der Waals surface area contributed by atoms with Gasteiger partial charge in [0.05, 0.1) is 12.4 Å². The lowest BCUT2D eigenvalue weighted by Gasteiger charge is -2.42. The topological polar surface area (TPSA) is 94.4 Å². The molecule has 0 bridgehead atoms. The summed E-state index contributed by atoms with van der Waals surface area (Å²) < 4.78 is 13.0. The molecule has 1 atom stereocenters. The van der Waals surface area contributed by atoms with Gasteiger partial charge in [0.2, 0.25) is 5.95 Å². The highest BCUT2D eigenvalue weighted by Gasteiger charge is 2.39. The first-order valence-corrected chi connectivity index (χ1v) is 9.72. The van der Waals surface area contributed by atoms with E-state index in [1.807, 2.05) is 0 Å². The minimum atomic E-state index is -0.585. The lowest BCUT2D eigenvalue weighted by Crippen LogP contribution is -2.52. The van der Waals surface area contributed by atoms with Gasteiger partial charge in [-0.2, -0.15) is 5.11 Å². The number of carbonyl (C=O) groups is 2. The number of likely N-dealkylation sites (N-methyl/N-ethyl adjacent to an activating group) is 1. The molecule has 1 saturated carbocycles. The Labute approximate surface area is 162 Å². The third-order valence-electron chi connectivity index (χ3n) is 6.05. The maximum absolute atomic E-state index is 13.0. The second-order valence-corrected chi connectivity index (χ2v) is 7.63. The Kier molecular flexibility index (Phi) is 5.29. The van der Waals surface area contributed by atoms with E-state index >= 15 is 0 Å². The number of hydrogen-bond donors (Lipinski definition) is 0. The Morgan fingerprint density at radius 3 is 2.29 bits per heavy atom. The fourth-order valence-corrected chi connectivity index (χ4v) is 4.35. The summed E-state index contributed by atoms with van der Waals surface area (Å²) in [6, 6.07) is -0.614. The maximum atomic E-state index is 13.0. The van der Waals surface area contributed by atoms with Crippen LogP contribution >= 0.6 is 0 Å². The van der Waals surface area contributed by atoms with Gasteiger partial charge in [-0.25, -0.2) is 19.2 Å². The Hall–Kier alpha value is -2.49. The fraction of sp³-hybridized carbons (Fsp3) is 0.667. The SMILES string of the molecule is CN1C(=O)N=NC(C2CCC(N3CCN(c4ncc(F)cn4)CC3)CC2)C1=O. The Balaban J connectivity index is 1.28. The Morgan fingerprint density at radius 2 is 1.64 bits per heavy atom. The molecule has 1 aromatic heterocycles. The van der Waals surface area contributed by atoms with E-state index in [9.17, 15) is 14.0 Å². The van der Waals surface area contributed by atoms with Crippen molar-refractivity contribution >= 4 is 17.9 Å². The highest BCUT2D eigenvalue weighted by atomic mass is 19.1. The molecule has 0 N–H and O–H groups in total. The van der Waals surface area contributed by atoms with Gasteiger partial charge >= 0.3 is 6.03 Å². The third-order valence-corrected chi connectivity index (χ3v) is 6.05. The average Bonchev–Trinajstić information content (AvgIpc) is 2.73. The summed E-state index contributed by atoms with van der Waals surface area (Å²) in [5, 5.41) is 7.59. The van der Waals surface area contributed by atoms with E-state index in [1.54, 1.807) is 0 Å². The Morgan fingerprint density at radius 1 is 1.00 bits per heavy atom. The van der Waals surface area contributed by atoms with Gasteiger partial charge in [-0.1, -0.05) is 5.11 Å². The lowest BCUT2D eigenvalue weighted by atomic mass is 9.80. The molecule has 28 heavy (non-hydrogen) atoms. The van der Waals surface area contributed by atoms with E-state index in [0.29, 0.717) is 12.0 Å². The van der Waals surface area contributed by atoms with Crippen molar-refractivity contribution in [1.29, 1.82) is 0 Å². The first-order chi connectivity index (χ1) is 13.5. The molecule has 0 radical (unpaired) electrons.